The predicted octanol–water partition coefficient (Wildman–Crippen LogP) is 5.01. The summed E-state index contributed by atoms with van der Waals surface area (Å²) < 4.78 is 1.63. The Morgan fingerprint density at radius 2 is 1.94 bits per heavy atom. The minimum atomic E-state index is -0.450. The van der Waals surface area contributed by atoms with Crippen LogP contribution >= 0.6 is 23.2 Å². The van der Waals surface area contributed by atoms with Crippen LogP contribution in [0.3, 0.4) is 0 Å². The van der Waals surface area contributed by atoms with Gasteiger partial charge in [-0.25, -0.2) is 4.98 Å². The first kappa shape index (κ1) is 23.6. The summed E-state index contributed by atoms with van der Waals surface area (Å²) in [6.45, 7) is 1.30. The lowest BCUT2D eigenvalue weighted by Crippen LogP contribution is -2.27. The molecule has 4 rings (SSSR count). The Hall–Kier alpha value is -3.56. The number of benzene rings is 2. The zero-order valence-corrected chi connectivity index (χ0v) is 19.8. The lowest BCUT2D eigenvalue weighted by atomic mass is 10.1. The van der Waals surface area contributed by atoms with Gasteiger partial charge < -0.3 is 19.8 Å². The number of imidazole rings is 1. The number of carbonyl (C=O) groups excluding carboxylic acids is 1. The molecular weight excluding hydrogens is 479 g/mol. The second-order valence-corrected chi connectivity index (χ2v) is 8.39. The fourth-order valence-corrected chi connectivity index (χ4v) is 4.12. The first-order chi connectivity index (χ1) is 16.4. The van der Waals surface area contributed by atoms with E-state index < -0.39 is 4.92 Å². The first-order valence-electron chi connectivity index (χ1n) is 10.5. The molecule has 0 radical (unpaired) electrons. The van der Waals surface area contributed by atoms with Gasteiger partial charge in [0.15, 0.2) is 5.82 Å². The molecule has 0 aliphatic heterocycles. The van der Waals surface area contributed by atoms with Crippen LogP contribution in [0.5, 0.6) is 0 Å². The minimum absolute atomic E-state index is 0.0177. The average molecular weight is 501 g/mol. The molecule has 0 atom stereocenters. The van der Waals surface area contributed by atoms with Gasteiger partial charge in [0, 0.05) is 54.9 Å². The largest absolute Gasteiger partial charge is 0.369 e. The summed E-state index contributed by atoms with van der Waals surface area (Å²) in [4.78, 5) is 33.3. The maximum Gasteiger partial charge on any atom is 0.287 e. The Bertz CT molecular complexity index is 1340. The molecule has 1 amide bonds. The van der Waals surface area contributed by atoms with Crippen LogP contribution in [0.4, 0.5) is 17.1 Å². The lowest BCUT2D eigenvalue weighted by molar-refractivity contribution is -0.384. The summed E-state index contributed by atoms with van der Waals surface area (Å²) in [7, 11) is 1.71. The van der Waals surface area contributed by atoms with Gasteiger partial charge in [-0.15, -0.1) is 23.2 Å². The van der Waals surface area contributed by atoms with Crippen molar-refractivity contribution >= 4 is 57.2 Å². The molecule has 9 nitrogen and oxygen atoms in total. The second-order valence-electron chi connectivity index (χ2n) is 7.64. The van der Waals surface area contributed by atoms with Gasteiger partial charge in [0.05, 0.1) is 27.8 Å². The molecule has 34 heavy (non-hydrogen) atoms. The summed E-state index contributed by atoms with van der Waals surface area (Å²) in [5, 5.41) is 14.0. The van der Waals surface area contributed by atoms with Crippen molar-refractivity contribution in [2.75, 3.05) is 35.1 Å². The lowest BCUT2D eigenvalue weighted by Gasteiger charge is -2.23. The number of hydrogen-bond donors (Lipinski definition) is 2. The minimum Gasteiger partial charge on any atom is -0.369 e. The number of rotatable bonds is 9. The molecule has 0 aliphatic rings. The molecule has 2 aromatic carbocycles. The highest BCUT2D eigenvalue weighted by molar-refractivity contribution is 6.18. The van der Waals surface area contributed by atoms with Gasteiger partial charge >= 0.3 is 0 Å². The van der Waals surface area contributed by atoms with Crippen LogP contribution in [0.1, 0.15) is 10.4 Å². The third kappa shape index (κ3) is 5.00. The number of fused-ring (bicyclic) bond motifs is 1. The van der Waals surface area contributed by atoms with Gasteiger partial charge in [-0.1, -0.05) is 6.07 Å². The first-order valence-corrected chi connectivity index (χ1v) is 11.6. The molecule has 0 saturated carbocycles. The van der Waals surface area contributed by atoms with Gasteiger partial charge in [0.25, 0.3) is 11.6 Å². The number of anilines is 2. The SMILES string of the molecule is Cn1cc([N+](=O)[O-])cc1-c1nc2ccc(C(=O)Nc3cccc(N(CCCl)CCCl)c3)cc2[nH]1. The van der Waals surface area contributed by atoms with Crippen molar-refractivity contribution in [3.05, 3.63) is 70.4 Å². The second kappa shape index (κ2) is 10.1. The third-order valence-corrected chi connectivity index (χ3v) is 5.70. The molecule has 2 heterocycles. The van der Waals surface area contributed by atoms with Gasteiger partial charge in [-0.05, 0) is 36.4 Å². The van der Waals surface area contributed by atoms with E-state index in [0.717, 1.165) is 5.69 Å². The highest BCUT2D eigenvalue weighted by Gasteiger charge is 2.17. The van der Waals surface area contributed by atoms with Crippen LogP contribution < -0.4 is 10.2 Å². The van der Waals surface area contributed by atoms with Crippen molar-refractivity contribution in [2.45, 2.75) is 0 Å². The number of alkyl halides is 2. The number of nitrogens with one attached hydrogen (secondary N) is 2. The number of aromatic nitrogens is 3. The number of carbonyl (C=O) groups is 1. The van der Waals surface area contributed by atoms with E-state index in [1.807, 2.05) is 24.3 Å². The highest BCUT2D eigenvalue weighted by Crippen LogP contribution is 2.26. The van der Waals surface area contributed by atoms with Gasteiger partial charge in [-0.2, -0.15) is 0 Å². The molecule has 0 unspecified atom stereocenters. The molecule has 0 aliphatic carbocycles. The number of hydrogen-bond acceptors (Lipinski definition) is 5. The van der Waals surface area contributed by atoms with Crippen molar-refractivity contribution in [2.24, 2.45) is 7.05 Å². The van der Waals surface area contributed by atoms with E-state index in [2.05, 4.69) is 20.2 Å². The Labute approximate surface area is 205 Å². The van der Waals surface area contributed by atoms with Crippen molar-refractivity contribution in [3.8, 4) is 11.5 Å². The number of aromatic amines is 1. The van der Waals surface area contributed by atoms with Crippen LogP contribution in [-0.4, -0.2) is 50.2 Å². The van der Waals surface area contributed by atoms with Crippen LogP contribution in [0.2, 0.25) is 0 Å². The summed E-state index contributed by atoms with van der Waals surface area (Å²) in [6.07, 6.45) is 1.43. The molecule has 2 aromatic heterocycles. The Kier molecular flexibility index (Phi) is 7.04. The summed E-state index contributed by atoms with van der Waals surface area (Å²) in [5.41, 5.74) is 3.87. The maximum absolute atomic E-state index is 12.9. The van der Waals surface area contributed by atoms with Gasteiger partial charge in [-0.3, -0.25) is 14.9 Å². The number of amides is 1. The molecule has 0 bridgehead atoms. The zero-order chi connectivity index (χ0) is 24.2. The number of nitrogens with zero attached hydrogens (tertiary/aromatic N) is 4. The summed E-state index contributed by atoms with van der Waals surface area (Å²) >= 11 is 11.8. The molecule has 0 saturated heterocycles. The normalized spacial score (nSPS) is 11.0. The highest BCUT2D eigenvalue weighted by atomic mass is 35.5. The van der Waals surface area contributed by atoms with E-state index in [0.29, 0.717) is 58.7 Å². The van der Waals surface area contributed by atoms with Crippen molar-refractivity contribution in [1.29, 1.82) is 0 Å². The van der Waals surface area contributed by atoms with Crippen LogP contribution in [0, 0.1) is 10.1 Å². The Balaban J connectivity index is 1.56. The Morgan fingerprint density at radius 1 is 1.18 bits per heavy atom. The zero-order valence-electron chi connectivity index (χ0n) is 18.3. The molecule has 0 fully saturated rings. The fraction of sp³-hybridized carbons (Fsp3) is 0.217. The number of halogens is 2. The Morgan fingerprint density at radius 3 is 2.62 bits per heavy atom. The van der Waals surface area contributed by atoms with E-state index >= 15 is 0 Å². The molecule has 0 spiro atoms. The fourth-order valence-electron chi connectivity index (χ4n) is 3.71. The molecule has 4 aromatic rings. The molecule has 176 valence electrons. The third-order valence-electron chi connectivity index (χ3n) is 5.37. The van der Waals surface area contributed by atoms with E-state index in [9.17, 15) is 14.9 Å². The maximum atomic E-state index is 12.9. The number of aryl methyl sites for hydroxylation is 1. The van der Waals surface area contributed by atoms with E-state index in [1.54, 1.807) is 29.8 Å². The number of nitro groups is 1. The van der Waals surface area contributed by atoms with Crippen molar-refractivity contribution in [3.63, 3.8) is 0 Å². The van der Waals surface area contributed by atoms with Crippen LogP contribution in [0.15, 0.2) is 54.7 Å². The molecule has 11 heteroatoms. The van der Waals surface area contributed by atoms with E-state index in [-0.39, 0.29) is 11.6 Å². The topological polar surface area (TPSA) is 109 Å². The molecular formula is C23H22Cl2N6O3. The number of H-pyrrole nitrogens is 1. The van der Waals surface area contributed by atoms with Crippen LogP contribution in [-0.2, 0) is 7.05 Å². The smallest absolute Gasteiger partial charge is 0.287 e. The predicted molar refractivity (Wildman–Crippen MR) is 135 cm³/mol. The van der Waals surface area contributed by atoms with Crippen molar-refractivity contribution in [1.82, 2.24) is 14.5 Å². The average Bonchev–Trinajstić information content (AvgIpc) is 3.41. The van der Waals surface area contributed by atoms with Crippen molar-refractivity contribution < 1.29 is 9.72 Å². The standard InChI is InChI=1S/C23H22Cl2N6O3/c1-29-14-18(31(33)34)13-21(29)22-27-19-6-5-15(11-20(19)28-22)23(32)26-16-3-2-4-17(12-16)30(9-7-24)10-8-25/h2-6,11-14H,7-10H2,1H3,(H,26,32)(H,27,28). The summed E-state index contributed by atoms with van der Waals surface area (Å²) in [5.74, 6) is 1.14. The quantitative estimate of drug-likeness (QED) is 0.190. The summed E-state index contributed by atoms with van der Waals surface area (Å²) in [6, 6.07) is 14.1. The monoisotopic (exact) mass is 500 g/mol. The van der Waals surface area contributed by atoms with E-state index in [1.165, 1.54) is 12.3 Å². The van der Waals surface area contributed by atoms with Crippen LogP contribution in [0.25, 0.3) is 22.6 Å². The van der Waals surface area contributed by atoms with Gasteiger partial charge in [0.2, 0.25) is 0 Å². The van der Waals surface area contributed by atoms with Gasteiger partial charge in [0.1, 0.15) is 0 Å². The van der Waals surface area contributed by atoms with E-state index in [4.69, 9.17) is 23.2 Å². The molecule has 2 N–H and O–H groups in total.